The molecule has 5 rings (SSSR count). The van der Waals surface area contributed by atoms with Crippen LogP contribution in [0, 0.1) is 12.8 Å². The second-order valence-electron chi connectivity index (χ2n) is 7.72. The van der Waals surface area contributed by atoms with Crippen LogP contribution in [0.1, 0.15) is 17.2 Å². The van der Waals surface area contributed by atoms with E-state index in [9.17, 15) is 9.59 Å². The maximum absolute atomic E-state index is 13.6. The van der Waals surface area contributed by atoms with Crippen molar-refractivity contribution < 1.29 is 19.2 Å². The lowest BCUT2D eigenvalue weighted by Gasteiger charge is -2.29. The third kappa shape index (κ3) is 3.07. The van der Waals surface area contributed by atoms with Gasteiger partial charge in [-0.2, -0.15) is 0 Å². The fourth-order valence-corrected chi connectivity index (χ4v) is 4.43. The van der Waals surface area contributed by atoms with Gasteiger partial charge in [0.15, 0.2) is 6.10 Å². The Kier molecular flexibility index (Phi) is 4.71. The summed E-state index contributed by atoms with van der Waals surface area (Å²) in [6.07, 6.45) is -0.876. The van der Waals surface area contributed by atoms with Crippen molar-refractivity contribution >= 4 is 23.2 Å². The van der Waals surface area contributed by atoms with Crippen molar-refractivity contribution in [3.8, 4) is 5.75 Å². The predicted molar refractivity (Wildman–Crippen MR) is 117 cm³/mol. The maximum Gasteiger partial charge on any atom is 0.266 e. The summed E-state index contributed by atoms with van der Waals surface area (Å²) in [6, 6.07) is 24.0. The molecule has 0 aromatic heterocycles. The largest absolute Gasteiger partial charge is 0.497 e. The summed E-state index contributed by atoms with van der Waals surface area (Å²) in [7, 11) is 1.57. The summed E-state index contributed by atoms with van der Waals surface area (Å²) in [5.74, 6) is -0.590. The molecule has 2 amide bonds. The molecule has 0 aliphatic carbocycles. The number of para-hydroxylation sites is 1. The van der Waals surface area contributed by atoms with Gasteiger partial charge in [0.05, 0.1) is 24.5 Å². The Morgan fingerprint density at radius 3 is 2.16 bits per heavy atom. The van der Waals surface area contributed by atoms with Crippen molar-refractivity contribution in [3.05, 3.63) is 90.0 Å². The number of imide groups is 1. The molecule has 2 heterocycles. The van der Waals surface area contributed by atoms with Crippen LogP contribution in [0.4, 0.5) is 11.4 Å². The fourth-order valence-electron chi connectivity index (χ4n) is 4.43. The molecule has 0 saturated carbocycles. The highest BCUT2D eigenvalue weighted by atomic mass is 16.7. The van der Waals surface area contributed by atoms with E-state index in [1.807, 2.05) is 61.5 Å². The van der Waals surface area contributed by atoms with Crippen LogP contribution in [0.25, 0.3) is 0 Å². The first-order chi connectivity index (χ1) is 15.1. The fraction of sp³-hybridized carbons (Fsp3) is 0.200. The van der Waals surface area contributed by atoms with E-state index in [1.54, 1.807) is 36.4 Å². The molecule has 0 radical (unpaired) electrons. The van der Waals surface area contributed by atoms with Gasteiger partial charge in [-0.25, -0.2) is 9.96 Å². The number of carbonyl (C=O) groups is 2. The topological polar surface area (TPSA) is 59.1 Å². The minimum absolute atomic E-state index is 0.258. The van der Waals surface area contributed by atoms with Gasteiger partial charge < -0.3 is 4.74 Å². The number of hydrogen-bond acceptors (Lipinski definition) is 5. The van der Waals surface area contributed by atoms with Crippen LogP contribution in [0.15, 0.2) is 78.9 Å². The number of carbonyl (C=O) groups excluding carboxylic acids is 2. The number of benzene rings is 3. The summed E-state index contributed by atoms with van der Waals surface area (Å²) in [6.45, 7) is 2.01. The molecule has 2 aliphatic heterocycles. The van der Waals surface area contributed by atoms with Crippen molar-refractivity contribution in [2.24, 2.45) is 5.92 Å². The average molecular weight is 414 g/mol. The van der Waals surface area contributed by atoms with Gasteiger partial charge >= 0.3 is 0 Å². The molecule has 0 N–H and O–H groups in total. The van der Waals surface area contributed by atoms with Crippen molar-refractivity contribution in [1.29, 1.82) is 0 Å². The summed E-state index contributed by atoms with van der Waals surface area (Å²) < 4.78 is 5.19. The average Bonchev–Trinajstić information content (AvgIpc) is 3.31. The van der Waals surface area contributed by atoms with Gasteiger partial charge in [0, 0.05) is 0 Å². The van der Waals surface area contributed by atoms with Crippen LogP contribution < -0.4 is 14.7 Å². The molecule has 6 heteroatoms. The molecule has 31 heavy (non-hydrogen) atoms. The van der Waals surface area contributed by atoms with Gasteiger partial charge in [-0.1, -0.05) is 42.5 Å². The molecule has 0 unspecified atom stereocenters. The zero-order valence-corrected chi connectivity index (χ0v) is 17.3. The Morgan fingerprint density at radius 1 is 0.806 bits per heavy atom. The van der Waals surface area contributed by atoms with Crippen LogP contribution in [0.5, 0.6) is 5.75 Å². The Morgan fingerprint density at radius 2 is 1.48 bits per heavy atom. The number of amides is 2. The quantitative estimate of drug-likeness (QED) is 0.603. The summed E-state index contributed by atoms with van der Waals surface area (Å²) in [5.41, 5.74) is 3.34. The van der Waals surface area contributed by atoms with Crippen LogP contribution >= 0.6 is 0 Å². The van der Waals surface area contributed by atoms with Gasteiger partial charge in [-0.3, -0.25) is 14.4 Å². The van der Waals surface area contributed by atoms with E-state index in [-0.39, 0.29) is 11.8 Å². The number of nitrogens with zero attached hydrogens (tertiary/aromatic N) is 2. The number of hydroxylamine groups is 1. The summed E-state index contributed by atoms with van der Waals surface area (Å²) in [5, 5.41) is 1.72. The second kappa shape index (κ2) is 7.56. The van der Waals surface area contributed by atoms with E-state index >= 15 is 0 Å². The van der Waals surface area contributed by atoms with Crippen LogP contribution in [-0.2, 0) is 14.4 Å². The highest BCUT2D eigenvalue weighted by Gasteiger charge is 2.60. The molecule has 3 atom stereocenters. The number of hydrogen-bond donors (Lipinski definition) is 0. The lowest BCUT2D eigenvalue weighted by Crippen LogP contribution is -2.37. The van der Waals surface area contributed by atoms with Gasteiger partial charge in [0.2, 0.25) is 5.91 Å². The molecular formula is C25H22N2O4. The van der Waals surface area contributed by atoms with Crippen molar-refractivity contribution in [3.63, 3.8) is 0 Å². The smallest absolute Gasteiger partial charge is 0.266 e. The van der Waals surface area contributed by atoms with Crippen molar-refractivity contribution in [2.75, 3.05) is 17.1 Å². The number of anilines is 2. The second-order valence-corrected chi connectivity index (χ2v) is 7.72. The number of fused-ring (bicyclic) bond motifs is 1. The first-order valence-corrected chi connectivity index (χ1v) is 10.2. The Hall–Kier alpha value is -3.64. The van der Waals surface area contributed by atoms with Crippen LogP contribution in [0.3, 0.4) is 0 Å². The van der Waals surface area contributed by atoms with Crippen molar-refractivity contribution in [1.82, 2.24) is 0 Å². The molecule has 2 saturated heterocycles. The van der Waals surface area contributed by atoms with Crippen LogP contribution in [-0.4, -0.2) is 25.0 Å². The third-order valence-corrected chi connectivity index (χ3v) is 5.96. The van der Waals surface area contributed by atoms with E-state index in [0.29, 0.717) is 11.4 Å². The molecule has 0 bridgehead atoms. The lowest BCUT2D eigenvalue weighted by atomic mass is 9.88. The highest BCUT2D eigenvalue weighted by molar-refractivity contribution is 6.23. The van der Waals surface area contributed by atoms with Gasteiger partial charge in [0.1, 0.15) is 11.7 Å². The van der Waals surface area contributed by atoms with E-state index in [4.69, 9.17) is 9.57 Å². The first-order valence-electron chi connectivity index (χ1n) is 10.2. The summed E-state index contributed by atoms with van der Waals surface area (Å²) >= 11 is 0. The van der Waals surface area contributed by atoms with Gasteiger partial charge in [-0.05, 0) is 54.4 Å². The molecular weight excluding hydrogens is 392 g/mol. The third-order valence-electron chi connectivity index (χ3n) is 5.96. The number of methoxy groups -OCH3 is 1. The molecule has 2 aliphatic rings. The zero-order chi connectivity index (χ0) is 21.5. The van der Waals surface area contributed by atoms with Gasteiger partial charge in [-0.15, -0.1) is 0 Å². The Balaban J connectivity index is 1.58. The van der Waals surface area contributed by atoms with Crippen molar-refractivity contribution in [2.45, 2.75) is 19.1 Å². The standard InChI is InChI=1S/C25H22N2O4/c1-16-8-6-7-11-20(16)22-21-23(31-27(22)18-9-4-3-5-10-18)25(29)26(24(21)28)17-12-14-19(30-2)15-13-17/h3-15,21-23H,1-2H3/t21-,22-,23-/m0/s1. The van der Waals surface area contributed by atoms with E-state index in [2.05, 4.69) is 0 Å². The number of ether oxygens (including phenoxy) is 1. The molecule has 3 aromatic rings. The maximum atomic E-state index is 13.6. The minimum atomic E-state index is -0.876. The van der Waals surface area contributed by atoms with E-state index < -0.39 is 18.1 Å². The minimum Gasteiger partial charge on any atom is -0.497 e. The molecule has 0 spiro atoms. The highest BCUT2D eigenvalue weighted by Crippen LogP contribution is 2.48. The Bertz CT molecular complexity index is 1130. The molecule has 156 valence electrons. The predicted octanol–water partition coefficient (Wildman–Crippen LogP) is 4.05. The zero-order valence-electron chi connectivity index (χ0n) is 17.3. The normalized spacial score (nSPS) is 22.7. The SMILES string of the molecule is COc1ccc(N2C(=O)[C@@H]3[C@H](ON(c4ccccc4)[C@H]3c3ccccc3C)C2=O)cc1. The lowest BCUT2D eigenvalue weighted by molar-refractivity contribution is -0.126. The monoisotopic (exact) mass is 414 g/mol. The van der Waals surface area contributed by atoms with Crippen LogP contribution in [0.2, 0.25) is 0 Å². The van der Waals surface area contributed by atoms with E-state index in [0.717, 1.165) is 16.8 Å². The summed E-state index contributed by atoms with van der Waals surface area (Å²) in [4.78, 5) is 34.3. The van der Waals surface area contributed by atoms with Gasteiger partial charge in [0.25, 0.3) is 5.91 Å². The molecule has 6 nitrogen and oxygen atoms in total. The Labute approximate surface area is 180 Å². The number of aryl methyl sites for hydroxylation is 1. The molecule has 2 fully saturated rings. The first kappa shape index (κ1) is 19.3. The van der Waals surface area contributed by atoms with E-state index in [1.165, 1.54) is 4.90 Å². The number of rotatable bonds is 4. The molecule has 3 aromatic carbocycles.